The number of aryl methyl sites for hydroxylation is 1. The Morgan fingerprint density at radius 1 is 1.17 bits per heavy atom. The normalized spacial score (nSPS) is 14.1. The van der Waals surface area contributed by atoms with E-state index in [9.17, 15) is 23.1 Å². The Morgan fingerprint density at radius 3 is 2.30 bits per heavy atom. The van der Waals surface area contributed by atoms with Gasteiger partial charge in [0.05, 0.1) is 18.1 Å². The number of hydrogen-bond donors (Lipinski definition) is 2. The number of hydrazine groups is 1. The second kappa shape index (κ2) is 12.0. The van der Waals surface area contributed by atoms with E-state index in [2.05, 4.69) is 10.4 Å². The lowest BCUT2D eigenvalue weighted by Gasteiger charge is -2.29. The van der Waals surface area contributed by atoms with Crippen molar-refractivity contribution < 1.29 is 23.1 Å². The molecule has 0 unspecified atom stereocenters. The topological polar surface area (TPSA) is 117 Å². The molecule has 2 atom stereocenters. The zero-order chi connectivity index (χ0) is 22.9. The number of rotatable bonds is 13. The molecule has 170 valence electrons. The minimum absolute atomic E-state index is 0.00155. The van der Waals surface area contributed by atoms with Gasteiger partial charge in [0.2, 0.25) is 15.9 Å². The van der Waals surface area contributed by atoms with Crippen molar-refractivity contribution in [1.82, 2.24) is 14.8 Å². The van der Waals surface area contributed by atoms with Gasteiger partial charge in [-0.25, -0.2) is 8.42 Å². The van der Waals surface area contributed by atoms with Crippen LogP contribution in [0.5, 0.6) is 0 Å². The van der Waals surface area contributed by atoms with Crippen molar-refractivity contribution in [3.8, 4) is 0 Å². The van der Waals surface area contributed by atoms with Gasteiger partial charge in [0.15, 0.2) is 0 Å². The first-order chi connectivity index (χ1) is 13.9. The number of pyridine rings is 1. The van der Waals surface area contributed by atoms with Crippen LogP contribution in [0.25, 0.3) is 0 Å². The summed E-state index contributed by atoms with van der Waals surface area (Å²) in [6, 6.07) is 3.75. The summed E-state index contributed by atoms with van der Waals surface area (Å²) in [7, 11) is -3.67. The Labute approximate surface area is 180 Å². The zero-order valence-corrected chi connectivity index (χ0v) is 19.4. The van der Waals surface area contributed by atoms with E-state index in [4.69, 9.17) is 0 Å². The maximum Gasteiger partial charge on any atom is 0.307 e. The Balaban J connectivity index is 2.97. The number of carbonyl (C=O) groups excluding carboxylic acids is 1. The smallest absolute Gasteiger partial charge is 0.307 e. The van der Waals surface area contributed by atoms with Crippen LogP contribution < -0.4 is 5.43 Å². The van der Waals surface area contributed by atoms with Crippen LogP contribution in [0.15, 0.2) is 24.5 Å². The van der Waals surface area contributed by atoms with Crippen LogP contribution in [0.2, 0.25) is 0 Å². The molecule has 0 aromatic carbocycles. The standard InChI is InChI=1S/C21H35N3O5S/c1-15(2)12-19(20(25)23-24(14-16(3)4)30(5,28)29)18(21(26)27)10-6-8-17-9-7-11-22-13-17/h7,9,11,13,15-16,18-19H,6,8,10,12,14H2,1-5H3,(H,23,25)(H,26,27)/t18-,19+/m0/s1. The molecule has 0 aliphatic carbocycles. The van der Waals surface area contributed by atoms with E-state index in [1.54, 1.807) is 12.4 Å². The van der Waals surface area contributed by atoms with Gasteiger partial charge in [-0.05, 0) is 49.1 Å². The molecule has 1 heterocycles. The van der Waals surface area contributed by atoms with Crippen LogP contribution in [0.4, 0.5) is 0 Å². The van der Waals surface area contributed by atoms with Gasteiger partial charge in [0.1, 0.15) is 0 Å². The van der Waals surface area contributed by atoms with Crippen LogP contribution >= 0.6 is 0 Å². The van der Waals surface area contributed by atoms with Crippen LogP contribution in [0.1, 0.15) is 52.5 Å². The van der Waals surface area contributed by atoms with Crippen molar-refractivity contribution in [2.45, 2.75) is 53.4 Å². The number of amides is 1. The summed E-state index contributed by atoms with van der Waals surface area (Å²) in [5, 5.41) is 9.82. The lowest BCUT2D eigenvalue weighted by atomic mass is 9.81. The molecule has 0 saturated carbocycles. The zero-order valence-electron chi connectivity index (χ0n) is 18.5. The maximum atomic E-state index is 13.0. The van der Waals surface area contributed by atoms with E-state index in [1.807, 2.05) is 39.8 Å². The number of aromatic nitrogens is 1. The fourth-order valence-electron chi connectivity index (χ4n) is 3.33. The SMILES string of the molecule is CC(C)C[C@@H](C(=O)NN(CC(C)C)S(C)(=O)=O)[C@H](CCCc1cccnc1)C(=O)O. The molecule has 0 aliphatic heterocycles. The van der Waals surface area contributed by atoms with Crippen molar-refractivity contribution in [2.24, 2.45) is 23.7 Å². The minimum Gasteiger partial charge on any atom is -0.481 e. The third-order valence-electron chi connectivity index (χ3n) is 4.73. The number of carbonyl (C=O) groups is 2. The molecule has 2 N–H and O–H groups in total. The number of carboxylic acids is 1. The summed E-state index contributed by atoms with van der Waals surface area (Å²) in [6.45, 7) is 7.63. The molecule has 9 heteroatoms. The minimum atomic E-state index is -3.67. The van der Waals surface area contributed by atoms with E-state index in [0.29, 0.717) is 25.7 Å². The van der Waals surface area contributed by atoms with Gasteiger partial charge >= 0.3 is 5.97 Å². The van der Waals surface area contributed by atoms with E-state index >= 15 is 0 Å². The quantitative estimate of drug-likeness (QED) is 0.455. The first-order valence-electron chi connectivity index (χ1n) is 10.3. The largest absolute Gasteiger partial charge is 0.481 e. The van der Waals surface area contributed by atoms with Crippen molar-refractivity contribution >= 4 is 21.9 Å². The van der Waals surface area contributed by atoms with Gasteiger partial charge < -0.3 is 5.11 Å². The van der Waals surface area contributed by atoms with E-state index < -0.39 is 33.7 Å². The first kappa shape index (κ1) is 26.0. The van der Waals surface area contributed by atoms with Gasteiger partial charge in [0.25, 0.3) is 0 Å². The van der Waals surface area contributed by atoms with Gasteiger partial charge in [-0.2, -0.15) is 0 Å². The Bertz CT molecular complexity index is 781. The predicted molar refractivity (Wildman–Crippen MR) is 116 cm³/mol. The number of carboxylic acid groups (broad SMARTS) is 1. The molecule has 0 bridgehead atoms. The third kappa shape index (κ3) is 9.21. The molecule has 30 heavy (non-hydrogen) atoms. The monoisotopic (exact) mass is 441 g/mol. The lowest BCUT2D eigenvalue weighted by Crippen LogP contribution is -2.51. The van der Waals surface area contributed by atoms with Gasteiger partial charge in [-0.1, -0.05) is 33.8 Å². The summed E-state index contributed by atoms with van der Waals surface area (Å²) in [6.07, 6.45) is 6.37. The van der Waals surface area contributed by atoms with Gasteiger partial charge in [0, 0.05) is 18.9 Å². The lowest BCUT2D eigenvalue weighted by molar-refractivity contribution is -0.149. The number of hydrogen-bond acceptors (Lipinski definition) is 5. The average molecular weight is 442 g/mol. The van der Waals surface area contributed by atoms with E-state index in [0.717, 1.165) is 16.2 Å². The summed E-state index contributed by atoms with van der Waals surface area (Å²) in [5.74, 6) is -3.26. The second-order valence-electron chi connectivity index (χ2n) is 8.60. The molecule has 8 nitrogen and oxygen atoms in total. The second-order valence-corrected chi connectivity index (χ2v) is 10.5. The molecular weight excluding hydrogens is 406 g/mol. The molecule has 0 radical (unpaired) electrons. The molecule has 1 rings (SSSR count). The highest BCUT2D eigenvalue weighted by atomic mass is 32.2. The molecule has 0 aliphatic rings. The van der Waals surface area contributed by atoms with E-state index in [-0.39, 0.29) is 18.4 Å². The Hall–Kier alpha value is -2.00. The number of aliphatic carboxylic acids is 1. The van der Waals surface area contributed by atoms with E-state index in [1.165, 1.54) is 0 Å². The highest BCUT2D eigenvalue weighted by Crippen LogP contribution is 2.26. The summed E-state index contributed by atoms with van der Waals surface area (Å²) < 4.78 is 25.1. The van der Waals surface area contributed by atoms with Crippen LogP contribution in [0, 0.1) is 23.7 Å². The van der Waals surface area contributed by atoms with Gasteiger partial charge in [-0.15, -0.1) is 4.41 Å². The Kier molecular flexibility index (Phi) is 10.4. The molecule has 1 aromatic rings. The van der Waals surface area contributed by atoms with Crippen molar-refractivity contribution in [2.75, 3.05) is 12.8 Å². The predicted octanol–water partition coefficient (Wildman–Crippen LogP) is 2.72. The summed E-state index contributed by atoms with van der Waals surface area (Å²) in [5.41, 5.74) is 3.48. The number of nitrogens with one attached hydrogen (secondary N) is 1. The number of nitrogens with zero attached hydrogens (tertiary/aromatic N) is 2. The van der Waals surface area contributed by atoms with Gasteiger partial charge in [-0.3, -0.25) is 20.0 Å². The van der Waals surface area contributed by atoms with Crippen LogP contribution in [0.3, 0.4) is 0 Å². The fourth-order valence-corrected chi connectivity index (χ4v) is 4.16. The average Bonchev–Trinajstić information content (AvgIpc) is 2.62. The first-order valence-corrected chi connectivity index (χ1v) is 12.2. The summed E-state index contributed by atoms with van der Waals surface area (Å²) in [4.78, 5) is 29.1. The van der Waals surface area contributed by atoms with Crippen molar-refractivity contribution in [3.05, 3.63) is 30.1 Å². The molecule has 1 amide bonds. The summed E-state index contributed by atoms with van der Waals surface area (Å²) >= 11 is 0. The molecule has 0 saturated heterocycles. The van der Waals surface area contributed by atoms with Crippen LogP contribution in [-0.2, 0) is 26.0 Å². The highest BCUT2D eigenvalue weighted by Gasteiger charge is 2.35. The van der Waals surface area contributed by atoms with Crippen molar-refractivity contribution in [3.63, 3.8) is 0 Å². The maximum absolute atomic E-state index is 13.0. The Morgan fingerprint density at radius 2 is 1.83 bits per heavy atom. The molecule has 1 aromatic heterocycles. The number of sulfonamides is 1. The van der Waals surface area contributed by atoms with Crippen molar-refractivity contribution in [1.29, 1.82) is 0 Å². The third-order valence-corrected chi connectivity index (χ3v) is 5.78. The molecule has 0 fully saturated rings. The fraction of sp³-hybridized carbons (Fsp3) is 0.667. The van der Waals surface area contributed by atoms with Crippen LogP contribution in [-0.4, -0.2) is 47.6 Å². The molecular formula is C21H35N3O5S. The molecule has 0 spiro atoms. The highest BCUT2D eigenvalue weighted by molar-refractivity contribution is 7.88.